The van der Waals surface area contributed by atoms with Crippen LogP contribution in [0.3, 0.4) is 0 Å². The van der Waals surface area contributed by atoms with Gasteiger partial charge in [-0.2, -0.15) is 5.10 Å². The van der Waals surface area contributed by atoms with Crippen LogP contribution in [0.1, 0.15) is 12.5 Å². The third kappa shape index (κ3) is 5.32. The number of halogens is 1. The Bertz CT molecular complexity index is 870. The lowest BCUT2D eigenvalue weighted by molar-refractivity contribution is -0.385. The van der Waals surface area contributed by atoms with Crippen molar-refractivity contribution < 1.29 is 19.6 Å². The van der Waals surface area contributed by atoms with Crippen LogP contribution in [-0.2, 0) is 4.79 Å². The number of hydrogen-bond donors (Lipinski definition) is 3. The summed E-state index contributed by atoms with van der Waals surface area (Å²) in [5, 5.41) is 27.5. The molecule has 2 rings (SSSR count). The van der Waals surface area contributed by atoms with Gasteiger partial charge in [-0.1, -0.05) is 11.6 Å². The fourth-order valence-electron chi connectivity index (χ4n) is 2.11. The van der Waals surface area contributed by atoms with Gasteiger partial charge < -0.3 is 15.2 Å². The predicted octanol–water partition coefficient (Wildman–Crippen LogP) is 2.91. The van der Waals surface area contributed by atoms with E-state index in [9.17, 15) is 20.0 Å². The van der Waals surface area contributed by atoms with Crippen LogP contribution in [0.15, 0.2) is 41.5 Å². The first-order valence-corrected chi connectivity index (χ1v) is 8.10. The van der Waals surface area contributed by atoms with E-state index in [-0.39, 0.29) is 10.6 Å². The number of phenols is 1. The minimum Gasteiger partial charge on any atom is -0.502 e. The molecule has 142 valence electrons. The summed E-state index contributed by atoms with van der Waals surface area (Å²) in [4.78, 5) is 22.2. The largest absolute Gasteiger partial charge is 0.502 e. The zero-order valence-electron chi connectivity index (χ0n) is 14.5. The summed E-state index contributed by atoms with van der Waals surface area (Å²) in [5.41, 5.74) is 2.46. The van der Waals surface area contributed by atoms with Crippen molar-refractivity contribution in [3.8, 4) is 11.5 Å². The number of anilines is 1. The molecule has 10 heteroatoms. The van der Waals surface area contributed by atoms with Crippen LogP contribution in [0.4, 0.5) is 11.4 Å². The van der Waals surface area contributed by atoms with Gasteiger partial charge in [-0.15, -0.1) is 0 Å². The van der Waals surface area contributed by atoms with Crippen molar-refractivity contribution >= 4 is 35.1 Å². The molecule has 1 unspecified atom stereocenters. The summed E-state index contributed by atoms with van der Waals surface area (Å²) >= 11 is 5.79. The van der Waals surface area contributed by atoms with E-state index < -0.39 is 28.3 Å². The second-order valence-electron chi connectivity index (χ2n) is 5.45. The van der Waals surface area contributed by atoms with E-state index in [1.807, 2.05) is 0 Å². The molecule has 2 aromatic rings. The molecule has 0 spiro atoms. The van der Waals surface area contributed by atoms with Crippen LogP contribution in [0.25, 0.3) is 0 Å². The van der Waals surface area contributed by atoms with Gasteiger partial charge in [0.25, 0.3) is 5.91 Å². The zero-order chi connectivity index (χ0) is 20.0. The summed E-state index contributed by atoms with van der Waals surface area (Å²) in [6.45, 7) is 1.64. The molecule has 0 saturated carbocycles. The number of hydrogen-bond acceptors (Lipinski definition) is 7. The van der Waals surface area contributed by atoms with Crippen molar-refractivity contribution in [3.63, 3.8) is 0 Å². The lowest BCUT2D eigenvalue weighted by atomic mass is 10.2. The third-order valence-corrected chi connectivity index (χ3v) is 3.74. The zero-order valence-corrected chi connectivity index (χ0v) is 15.2. The SMILES string of the molecule is COc1ccc(NC(C)C(=O)N/N=C/c2cc(Cl)cc([N+](=O)[O-])c2O)cc1. The summed E-state index contributed by atoms with van der Waals surface area (Å²) < 4.78 is 5.06. The number of ether oxygens (including phenoxy) is 1. The molecule has 0 saturated heterocycles. The molecule has 0 aliphatic rings. The van der Waals surface area contributed by atoms with Crippen molar-refractivity contribution in [2.24, 2.45) is 5.10 Å². The molecule has 0 aliphatic heterocycles. The number of benzene rings is 2. The highest BCUT2D eigenvalue weighted by Gasteiger charge is 2.18. The van der Waals surface area contributed by atoms with Crippen molar-refractivity contribution in [2.45, 2.75) is 13.0 Å². The Balaban J connectivity index is 2.00. The molecule has 0 aromatic heterocycles. The summed E-state index contributed by atoms with van der Waals surface area (Å²) in [6, 6.07) is 8.72. The average molecular weight is 393 g/mol. The molecule has 0 fully saturated rings. The highest BCUT2D eigenvalue weighted by Crippen LogP contribution is 2.32. The number of rotatable bonds is 7. The molecule has 0 bridgehead atoms. The van der Waals surface area contributed by atoms with Gasteiger partial charge in [-0.05, 0) is 37.3 Å². The molecule has 0 radical (unpaired) electrons. The monoisotopic (exact) mass is 392 g/mol. The number of methoxy groups -OCH3 is 1. The Morgan fingerprint density at radius 1 is 1.37 bits per heavy atom. The van der Waals surface area contributed by atoms with E-state index in [1.165, 1.54) is 6.07 Å². The first-order valence-electron chi connectivity index (χ1n) is 7.72. The average Bonchev–Trinajstić information content (AvgIpc) is 2.64. The number of nitrogens with zero attached hydrogens (tertiary/aromatic N) is 2. The minimum atomic E-state index is -0.766. The number of nitro benzene ring substituents is 1. The first kappa shape index (κ1) is 20.0. The number of phenolic OH excluding ortho intramolecular Hbond substituents is 1. The van der Waals surface area contributed by atoms with Crippen molar-refractivity contribution in [3.05, 3.63) is 57.1 Å². The van der Waals surface area contributed by atoms with Gasteiger partial charge in [0.05, 0.1) is 18.2 Å². The molecular weight excluding hydrogens is 376 g/mol. The summed E-state index contributed by atoms with van der Waals surface area (Å²) in [5.74, 6) is -0.345. The lowest BCUT2D eigenvalue weighted by Gasteiger charge is -2.13. The molecule has 9 nitrogen and oxygen atoms in total. The van der Waals surface area contributed by atoms with Crippen LogP contribution >= 0.6 is 11.6 Å². The molecular formula is C17H17ClN4O5. The first-order chi connectivity index (χ1) is 12.8. The number of aromatic hydroxyl groups is 1. The molecule has 2 aromatic carbocycles. The fraction of sp³-hybridized carbons (Fsp3) is 0.176. The Morgan fingerprint density at radius 2 is 2.04 bits per heavy atom. The maximum absolute atomic E-state index is 12.1. The normalized spacial score (nSPS) is 11.8. The van der Waals surface area contributed by atoms with E-state index >= 15 is 0 Å². The highest BCUT2D eigenvalue weighted by molar-refractivity contribution is 6.31. The summed E-state index contributed by atoms with van der Waals surface area (Å²) in [7, 11) is 1.56. The van der Waals surface area contributed by atoms with Gasteiger partial charge in [0.1, 0.15) is 11.8 Å². The molecule has 3 N–H and O–H groups in total. The molecule has 1 amide bonds. The Labute approximate surface area is 159 Å². The fourth-order valence-corrected chi connectivity index (χ4v) is 2.33. The van der Waals surface area contributed by atoms with Crippen LogP contribution in [-0.4, -0.2) is 35.3 Å². The van der Waals surface area contributed by atoms with Crippen molar-refractivity contribution in [1.82, 2.24) is 5.43 Å². The third-order valence-electron chi connectivity index (χ3n) is 3.53. The predicted molar refractivity (Wildman–Crippen MR) is 102 cm³/mol. The Hall–Kier alpha value is -3.33. The molecule has 27 heavy (non-hydrogen) atoms. The molecule has 0 aliphatic carbocycles. The van der Waals surface area contributed by atoms with Crippen LogP contribution < -0.4 is 15.5 Å². The van der Waals surface area contributed by atoms with Gasteiger partial charge in [0.15, 0.2) is 0 Å². The molecule has 1 atom stereocenters. The van der Waals surface area contributed by atoms with Crippen LogP contribution in [0.5, 0.6) is 11.5 Å². The number of carbonyl (C=O) groups excluding carboxylic acids is 1. The second-order valence-corrected chi connectivity index (χ2v) is 5.89. The minimum absolute atomic E-state index is 0.00488. The number of nitrogens with one attached hydrogen (secondary N) is 2. The second kappa shape index (κ2) is 8.86. The van der Waals surface area contributed by atoms with Gasteiger partial charge in [-0.25, -0.2) is 5.43 Å². The van der Waals surface area contributed by atoms with E-state index in [0.717, 1.165) is 12.3 Å². The Morgan fingerprint density at radius 3 is 2.63 bits per heavy atom. The maximum Gasteiger partial charge on any atom is 0.312 e. The van der Waals surface area contributed by atoms with Gasteiger partial charge in [0, 0.05) is 22.3 Å². The van der Waals surface area contributed by atoms with Crippen LogP contribution in [0.2, 0.25) is 5.02 Å². The van der Waals surface area contributed by atoms with Crippen LogP contribution in [0, 0.1) is 10.1 Å². The van der Waals surface area contributed by atoms with Crippen molar-refractivity contribution in [2.75, 3.05) is 12.4 Å². The number of nitro groups is 1. The van der Waals surface area contributed by atoms with E-state index in [1.54, 1.807) is 38.3 Å². The lowest BCUT2D eigenvalue weighted by Crippen LogP contribution is -2.34. The highest BCUT2D eigenvalue weighted by atomic mass is 35.5. The van der Waals surface area contributed by atoms with Gasteiger partial charge in [0.2, 0.25) is 5.75 Å². The smallest absolute Gasteiger partial charge is 0.312 e. The number of amides is 1. The maximum atomic E-state index is 12.1. The van der Waals surface area contributed by atoms with Gasteiger partial charge >= 0.3 is 5.69 Å². The Kier molecular flexibility index (Phi) is 6.56. The van der Waals surface area contributed by atoms with E-state index in [0.29, 0.717) is 11.4 Å². The quantitative estimate of drug-likeness (QED) is 0.378. The standard InChI is InChI=1S/C17H17ClN4O5/c1-10(20-13-3-5-14(27-2)6-4-13)17(24)21-19-9-11-7-12(18)8-15(16(11)23)22(25)26/h3-10,20,23H,1-2H3,(H,21,24)/b19-9+. The molecule has 0 heterocycles. The van der Waals surface area contributed by atoms with E-state index in [2.05, 4.69) is 15.8 Å². The summed E-state index contributed by atoms with van der Waals surface area (Å²) in [6.07, 6.45) is 1.08. The number of hydrazone groups is 1. The van der Waals surface area contributed by atoms with Crippen molar-refractivity contribution in [1.29, 1.82) is 0 Å². The number of carbonyl (C=O) groups is 1. The van der Waals surface area contributed by atoms with E-state index in [4.69, 9.17) is 16.3 Å². The van der Waals surface area contributed by atoms with Gasteiger partial charge in [-0.3, -0.25) is 14.9 Å². The topological polar surface area (TPSA) is 126 Å².